The van der Waals surface area contributed by atoms with Gasteiger partial charge in [0.15, 0.2) is 0 Å². The minimum Gasteiger partial charge on any atom is -0.462 e. The molecule has 0 heterocycles. The standard InChI is InChI=1S/C41H56O10/c1-5-9-13-25-46-38(42)36(39(43)47-26-14-10-6-2)29-32-17-21-34(22-18-32)50-31-51-35-23-19-33(20-24-35)30-37(40(44)48-27-15-11-7-3)41(45)49-28-16-12-8-4/h17-24,29-30H,5-16,25-28,31H2,1-4H3. The Morgan fingerprint density at radius 1 is 0.431 bits per heavy atom. The first-order valence-electron chi connectivity index (χ1n) is 18.4. The van der Waals surface area contributed by atoms with Gasteiger partial charge in [-0.05, 0) is 73.2 Å². The van der Waals surface area contributed by atoms with Gasteiger partial charge in [0.25, 0.3) is 0 Å². The van der Waals surface area contributed by atoms with Gasteiger partial charge in [-0.25, -0.2) is 19.2 Å². The van der Waals surface area contributed by atoms with E-state index in [0.29, 0.717) is 22.6 Å². The molecule has 0 aliphatic carbocycles. The molecule has 10 heteroatoms. The molecule has 0 bridgehead atoms. The van der Waals surface area contributed by atoms with Crippen LogP contribution >= 0.6 is 0 Å². The Balaban J connectivity index is 2.02. The lowest BCUT2D eigenvalue weighted by atomic mass is 10.1. The summed E-state index contributed by atoms with van der Waals surface area (Å²) in [5, 5.41) is 0. The molecule has 0 aliphatic heterocycles. The van der Waals surface area contributed by atoms with Crippen LogP contribution in [0.2, 0.25) is 0 Å². The van der Waals surface area contributed by atoms with Crippen LogP contribution in [0.5, 0.6) is 11.5 Å². The minimum absolute atomic E-state index is 0.0940. The van der Waals surface area contributed by atoms with E-state index >= 15 is 0 Å². The highest BCUT2D eigenvalue weighted by molar-refractivity contribution is 6.18. The second-order valence-corrected chi connectivity index (χ2v) is 12.0. The Labute approximate surface area is 303 Å². The normalized spacial score (nSPS) is 10.4. The van der Waals surface area contributed by atoms with Gasteiger partial charge >= 0.3 is 23.9 Å². The van der Waals surface area contributed by atoms with Crippen molar-refractivity contribution >= 4 is 36.0 Å². The average Bonchev–Trinajstić information content (AvgIpc) is 3.14. The molecule has 0 saturated heterocycles. The summed E-state index contributed by atoms with van der Waals surface area (Å²) >= 11 is 0. The molecular weight excluding hydrogens is 652 g/mol. The molecular formula is C41H56O10. The van der Waals surface area contributed by atoms with Crippen molar-refractivity contribution in [2.24, 2.45) is 0 Å². The zero-order valence-electron chi connectivity index (χ0n) is 30.9. The van der Waals surface area contributed by atoms with E-state index in [9.17, 15) is 19.2 Å². The van der Waals surface area contributed by atoms with Crippen molar-refractivity contribution in [1.29, 1.82) is 0 Å². The fourth-order valence-corrected chi connectivity index (χ4v) is 4.60. The number of carbonyl (C=O) groups is 4. The van der Waals surface area contributed by atoms with Crippen molar-refractivity contribution in [2.45, 2.75) is 105 Å². The number of rotatable bonds is 26. The number of ether oxygens (including phenoxy) is 6. The summed E-state index contributed by atoms with van der Waals surface area (Å²) in [5.74, 6) is -1.80. The van der Waals surface area contributed by atoms with Crippen molar-refractivity contribution in [3.05, 3.63) is 70.8 Å². The van der Waals surface area contributed by atoms with Crippen molar-refractivity contribution in [3.63, 3.8) is 0 Å². The summed E-state index contributed by atoms with van der Waals surface area (Å²) in [7, 11) is 0. The molecule has 0 saturated carbocycles. The molecule has 0 aromatic heterocycles. The highest BCUT2D eigenvalue weighted by atomic mass is 16.7. The molecule has 0 atom stereocenters. The van der Waals surface area contributed by atoms with Crippen LogP contribution in [0.15, 0.2) is 59.7 Å². The number of carbonyl (C=O) groups excluding carboxylic acids is 4. The number of esters is 4. The molecule has 0 radical (unpaired) electrons. The van der Waals surface area contributed by atoms with Gasteiger partial charge in [-0.15, -0.1) is 0 Å². The zero-order chi connectivity index (χ0) is 37.1. The van der Waals surface area contributed by atoms with Crippen molar-refractivity contribution < 1.29 is 47.6 Å². The molecule has 2 rings (SSSR count). The summed E-state index contributed by atoms with van der Waals surface area (Å²) in [5.41, 5.74) is 0.898. The fourth-order valence-electron chi connectivity index (χ4n) is 4.60. The lowest BCUT2D eigenvalue weighted by molar-refractivity contribution is -0.148. The number of hydrogen-bond donors (Lipinski definition) is 0. The molecule has 0 N–H and O–H groups in total. The zero-order valence-corrected chi connectivity index (χ0v) is 30.9. The Morgan fingerprint density at radius 2 is 0.706 bits per heavy atom. The van der Waals surface area contributed by atoms with Crippen molar-refractivity contribution in [1.82, 2.24) is 0 Å². The van der Waals surface area contributed by atoms with Crippen LogP contribution in [-0.2, 0) is 38.1 Å². The first kappa shape index (κ1) is 42.6. The molecule has 51 heavy (non-hydrogen) atoms. The van der Waals surface area contributed by atoms with Crippen LogP contribution in [0.4, 0.5) is 0 Å². The van der Waals surface area contributed by atoms with E-state index < -0.39 is 23.9 Å². The Hall–Kier alpha value is -4.60. The smallest absolute Gasteiger partial charge is 0.345 e. The summed E-state index contributed by atoms with van der Waals surface area (Å²) in [4.78, 5) is 51.0. The van der Waals surface area contributed by atoms with E-state index in [1.54, 1.807) is 48.5 Å². The van der Waals surface area contributed by atoms with E-state index in [2.05, 4.69) is 27.7 Å². The molecule has 10 nitrogen and oxygen atoms in total. The predicted octanol–water partition coefficient (Wildman–Crippen LogP) is 8.80. The third kappa shape index (κ3) is 17.8. The summed E-state index contributed by atoms with van der Waals surface area (Å²) in [6.07, 6.45) is 13.5. The van der Waals surface area contributed by atoms with Crippen molar-refractivity contribution in [3.8, 4) is 11.5 Å². The van der Waals surface area contributed by atoms with Gasteiger partial charge in [0, 0.05) is 0 Å². The summed E-state index contributed by atoms with van der Waals surface area (Å²) < 4.78 is 32.8. The quantitative estimate of drug-likeness (QED) is 0.0178. The maximum absolute atomic E-state index is 12.8. The monoisotopic (exact) mass is 708 g/mol. The molecule has 0 spiro atoms. The molecule has 0 fully saturated rings. The lowest BCUT2D eigenvalue weighted by Crippen LogP contribution is -2.19. The van der Waals surface area contributed by atoms with Gasteiger partial charge in [-0.1, -0.05) is 103 Å². The molecule has 0 unspecified atom stereocenters. The van der Waals surface area contributed by atoms with Crippen LogP contribution in [0.1, 0.15) is 116 Å². The topological polar surface area (TPSA) is 124 Å². The Bertz CT molecular complexity index is 1220. The predicted molar refractivity (Wildman–Crippen MR) is 197 cm³/mol. The fraction of sp³-hybridized carbons (Fsp3) is 0.512. The highest BCUT2D eigenvalue weighted by Crippen LogP contribution is 2.19. The van der Waals surface area contributed by atoms with Crippen LogP contribution in [0, 0.1) is 0 Å². The Kier molecular flexibility index (Phi) is 21.9. The van der Waals surface area contributed by atoms with Gasteiger partial charge in [0.2, 0.25) is 6.79 Å². The molecule has 2 aromatic carbocycles. The van der Waals surface area contributed by atoms with E-state index in [1.165, 1.54) is 12.2 Å². The number of benzene rings is 2. The Morgan fingerprint density at radius 3 is 0.961 bits per heavy atom. The van der Waals surface area contributed by atoms with Crippen LogP contribution in [0.25, 0.3) is 12.2 Å². The van der Waals surface area contributed by atoms with Crippen molar-refractivity contribution in [2.75, 3.05) is 33.2 Å². The maximum Gasteiger partial charge on any atom is 0.345 e. The summed E-state index contributed by atoms with van der Waals surface area (Å²) in [6.45, 7) is 9.09. The lowest BCUT2D eigenvalue weighted by Gasteiger charge is -2.11. The van der Waals surface area contributed by atoms with Gasteiger partial charge in [-0.3, -0.25) is 0 Å². The minimum atomic E-state index is -0.706. The van der Waals surface area contributed by atoms with Crippen LogP contribution in [0.3, 0.4) is 0 Å². The summed E-state index contributed by atoms with van der Waals surface area (Å²) in [6, 6.07) is 13.7. The highest BCUT2D eigenvalue weighted by Gasteiger charge is 2.23. The molecule has 2 aromatic rings. The van der Waals surface area contributed by atoms with Gasteiger partial charge < -0.3 is 28.4 Å². The largest absolute Gasteiger partial charge is 0.462 e. The third-order valence-electron chi connectivity index (χ3n) is 7.64. The van der Waals surface area contributed by atoms with E-state index in [4.69, 9.17) is 28.4 Å². The first-order valence-corrected chi connectivity index (χ1v) is 18.4. The second-order valence-electron chi connectivity index (χ2n) is 12.0. The van der Waals surface area contributed by atoms with Gasteiger partial charge in [0.05, 0.1) is 26.4 Å². The maximum atomic E-state index is 12.8. The van der Waals surface area contributed by atoms with Crippen LogP contribution < -0.4 is 9.47 Å². The van der Waals surface area contributed by atoms with E-state index in [1.807, 2.05) is 0 Å². The third-order valence-corrected chi connectivity index (χ3v) is 7.64. The second kappa shape index (κ2) is 26.2. The van der Waals surface area contributed by atoms with E-state index in [-0.39, 0.29) is 44.4 Å². The SMILES string of the molecule is CCCCCOC(=O)C(=Cc1ccc(OCOc2ccc(C=C(C(=O)OCCCCC)C(=O)OCCCCC)cc2)cc1)C(=O)OCCCCC. The average molecular weight is 709 g/mol. The molecule has 0 aliphatic rings. The molecule has 280 valence electrons. The van der Waals surface area contributed by atoms with Crippen LogP contribution in [-0.4, -0.2) is 57.1 Å². The first-order chi connectivity index (χ1) is 24.8. The van der Waals surface area contributed by atoms with E-state index in [0.717, 1.165) is 77.0 Å². The molecule has 0 amide bonds. The number of unbranched alkanes of at least 4 members (excludes halogenated alkanes) is 8. The van der Waals surface area contributed by atoms with Gasteiger partial charge in [0.1, 0.15) is 22.6 Å². The number of hydrogen-bond acceptors (Lipinski definition) is 10. The van der Waals surface area contributed by atoms with Gasteiger partial charge in [-0.2, -0.15) is 0 Å².